The van der Waals surface area contributed by atoms with E-state index in [2.05, 4.69) is 6.07 Å². The minimum atomic E-state index is -0.304. The van der Waals surface area contributed by atoms with Gasteiger partial charge in [-0.1, -0.05) is 36.4 Å². The summed E-state index contributed by atoms with van der Waals surface area (Å²) in [5.41, 5.74) is 2.86. The van der Waals surface area contributed by atoms with Crippen LogP contribution in [0.4, 0.5) is 0 Å². The molecule has 1 aromatic rings. The highest BCUT2D eigenvalue weighted by molar-refractivity contribution is 5.97. The Morgan fingerprint density at radius 3 is 2.94 bits per heavy atom. The molecule has 0 saturated carbocycles. The van der Waals surface area contributed by atoms with E-state index in [4.69, 9.17) is 4.74 Å². The molecule has 81 valence electrons. The van der Waals surface area contributed by atoms with Gasteiger partial charge in [-0.15, -0.1) is 0 Å². The Balaban J connectivity index is 2.45. The van der Waals surface area contributed by atoms with Gasteiger partial charge in [0.15, 0.2) is 0 Å². The number of hydrogen-bond acceptors (Lipinski definition) is 2. The van der Waals surface area contributed by atoms with Gasteiger partial charge in [0.25, 0.3) is 0 Å². The zero-order valence-corrected chi connectivity index (χ0v) is 9.14. The van der Waals surface area contributed by atoms with E-state index in [1.54, 1.807) is 6.08 Å². The molecule has 0 aliphatic heterocycles. The van der Waals surface area contributed by atoms with Crippen LogP contribution >= 0.6 is 0 Å². The van der Waals surface area contributed by atoms with E-state index >= 15 is 0 Å². The van der Waals surface area contributed by atoms with Crippen LogP contribution in [0.5, 0.6) is 0 Å². The van der Waals surface area contributed by atoms with Crippen molar-refractivity contribution in [2.75, 3.05) is 7.11 Å². The number of benzene rings is 1. The van der Waals surface area contributed by atoms with Crippen molar-refractivity contribution >= 4 is 12.0 Å². The van der Waals surface area contributed by atoms with Gasteiger partial charge in [-0.3, -0.25) is 0 Å². The van der Waals surface area contributed by atoms with Crippen LogP contribution in [-0.2, 0) is 16.0 Å². The summed E-state index contributed by atoms with van der Waals surface area (Å²) in [5.74, 6) is -0.304. The number of carbonyl (C=O) groups excluding carboxylic acids is 1. The number of esters is 1. The highest BCUT2D eigenvalue weighted by Crippen LogP contribution is 2.18. The molecular weight excluding hydrogens is 200 g/mol. The lowest BCUT2D eigenvalue weighted by atomic mass is 9.98. The second-order valence-corrected chi connectivity index (χ2v) is 3.59. The average molecular weight is 213 g/mol. The van der Waals surface area contributed by atoms with Gasteiger partial charge in [0.05, 0.1) is 12.7 Å². The fourth-order valence-electron chi connectivity index (χ4n) is 1.69. The zero-order chi connectivity index (χ0) is 11.4. The Morgan fingerprint density at radius 1 is 1.31 bits per heavy atom. The van der Waals surface area contributed by atoms with Crippen LogP contribution in [0.3, 0.4) is 0 Å². The number of methoxy groups -OCH3 is 1. The third-order valence-corrected chi connectivity index (χ3v) is 2.54. The number of hydrogen-bond donors (Lipinski definition) is 0. The van der Waals surface area contributed by atoms with Crippen LogP contribution in [0.2, 0.25) is 0 Å². The lowest BCUT2D eigenvalue weighted by molar-refractivity contribution is -0.135. The molecule has 2 heteroatoms. The van der Waals surface area contributed by atoms with E-state index in [0.29, 0.717) is 5.57 Å². The Hall–Kier alpha value is -1.83. The number of rotatable bonds is 1. The third kappa shape index (κ3) is 2.22. The van der Waals surface area contributed by atoms with Crippen molar-refractivity contribution in [3.63, 3.8) is 0 Å². The quantitative estimate of drug-likeness (QED) is 0.670. The van der Waals surface area contributed by atoms with E-state index in [0.717, 1.165) is 12.0 Å². The van der Waals surface area contributed by atoms with Crippen LogP contribution < -0.4 is 0 Å². The molecular formula is C14H13O2. The van der Waals surface area contributed by atoms with E-state index in [1.165, 1.54) is 12.7 Å². The molecule has 0 atom stereocenters. The van der Waals surface area contributed by atoms with Gasteiger partial charge < -0.3 is 4.74 Å². The van der Waals surface area contributed by atoms with Crippen molar-refractivity contribution < 1.29 is 9.53 Å². The van der Waals surface area contributed by atoms with Crippen LogP contribution in [0.25, 0.3) is 6.08 Å². The highest BCUT2D eigenvalue weighted by atomic mass is 16.5. The molecule has 16 heavy (non-hydrogen) atoms. The monoisotopic (exact) mass is 213 g/mol. The zero-order valence-electron chi connectivity index (χ0n) is 9.14. The summed E-state index contributed by atoms with van der Waals surface area (Å²) >= 11 is 0. The maximum Gasteiger partial charge on any atom is 0.337 e. The predicted octanol–water partition coefficient (Wildman–Crippen LogP) is 2.56. The minimum absolute atomic E-state index is 0.304. The number of allylic oxidation sites excluding steroid dienone is 1. The Labute approximate surface area is 95.2 Å². The van der Waals surface area contributed by atoms with Gasteiger partial charge in [0.2, 0.25) is 0 Å². The molecule has 0 aromatic heterocycles. The van der Waals surface area contributed by atoms with Crippen LogP contribution in [0, 0.1) is 6.42 Å². The fourth-order valence-corrected chi connectivity index (χ4v) is 1.69. The maximum absolute atomic E-state index is 11.5. The lowest BCUT2D eigenvalue weighted by Crippen LogP contribution is -2.04. The SMILES string of the molecule is COC(=O)C1=C/c2ccccc2C[CH]/C=C\1. The first kappa shape index (κ1) is 10.7. The number of fused-ring (bicyclic) bond motifs is 1. The first-order valence-corrected chi connectivity index (χ1v) is 5.19. The number of ether oxygens (including phenoxy) is 1. The van der Waals surface area contributed by atoms with Crippen molar-refractivity contribution in [2.45, 2.75) is 6.42 Å². The topological polar surface area (TPSA) is 26.3 Å². The van der Waals surface area contributed by atoms with Crippen LogP contribution in [-0.4, -0.2) is 13.1 Å². The molecule has 0 unspecified atom stereocenters. The van der Waals surface area contributed by atoms with E-state index in [1.807, 2.05) is 36.8 Å². The molecule has 1 aromatic carbocycles. The molecule has 0 spiro atoms. The molecule has 0 N–H and O–H groups in total. The summed E-state index contributed by atoms with van der Waals surface area (Å²) in [6, 6.07) is 8.04. The molecule has 0 bridgehead atoms. The minimum Gasteiger partial charge on any atom is -0.465 e. The predicted molar refractivity (Wildman–Crippen MR) is 63.6 cm³/mol. The van der Waals surface area contributed by atoms with Crippen molar-refractivity contribution in [1.29, 1.82) is 0 Å². The van der Waals surface area contributed by atoms with Crippen molar-refractivity contribution in [3.05, 3.63) is 59.5 Å². The largest absolute Gasteiger partial charge is 0.465 e. The first-order valence-electron chi connectivity index (χ1n) is 5.19. The van der Waals surface area contributed by atoms with Gasteiger partial charge >= 0.3 is 5.97 Å². The molecule has 1 aliphatic carbocycles. The fraction of sp³-hybridized carbons (Fsp3) is 0.143. The summed E-state index contributed by atoms with van der Waals surface area (Å²) in [6.07, 6.45) is 8.46. The molecule has 2 rings (SSSR count). The normalized spacial score (nSPS) is 19.7. The number of carbonyl (C=O) groups is 1. The second-order valence-electron chi connectivity index (χ2n) is 3.59. The van der Waals surface area contributed by atoms with E-state index < -0.39 is 0 Å². The van der Waals surface area contributed by atoms with Crippen molar-refractivity contribution in [3.8, 4) is 0 Å². The summed E-state index contributed by atoms with van der Waals surface area (Å²) in [4.78, 5) is 11.5. The Morgan fingerprint density at radius 2 is 2.12 bits per heavy atom. The lowest BCUT2D eigenvalue weighted by Gasteiger charge is -2.08. The van der Waals surface area contributed by atoms with Gasteiger partial charge in [-0.05, 0) is 30.0 Å². The molecule has 1 radical (unpaired) electrons. The third-order valence-electron chi connectivity index (χ3n) is 2.54. The van der Waals surface area contributed by atoms with Gasteiger partial charge in [0.1, 0.15) is 0 Å². The van der Waals surface area contributed by atoms with E-state index in [9.17, 15) is 4.79 Å². The van der Waals surface area contributed by atoms with Crippen molar-refractivity contribution in [1.82, 2.24) is 0 Å². The average Bonchev–Trinajstić information content (AvgIpc) is 2.29. The summed E-state index contributed by atoms with van der Waals surface area (Å²) in [5, 5.41) is 0. The van der Waals surface area contributed by atoms with Crippen LogP contribution in [0.15, 0.2) is 42.0 Å². The Bertz CT molecular complexity index is 456. The standard InChI is InChI=1S/C14H13O2/c1-16-14(15)13-9-5-3-7-11-6-2-4-8-12(11)10-13/h2-6,8-10H,7H2,1H3/b9-5-,13-10+. The van der Waals surface area contributed by atoms with E-state index in [-0.39, 0.29) is 5.97 Å². The van der Waals surface area contributed by atoms with Gasteiger partial charge in [-0.25, -0.2) is 4.79 Å². The molecule has 0 heterocycles. The summed E-state index contributed by atoms with van der Waals surface area (Å²) in [6.45, 7) is 0. The smallest absolute Gasteiger partial charge is 0.337 e. The maximum atomic E-state index is 11.5. The second kappa shape index (κ2) is 4.79. The van der Waals surface area contributed by atoms with Gasteiger partial charge in [-0.2, -0.15) is 0 Å². The Kier molecular flexibility index (Phi) is 3.20. The molecule has 0 fully saturated rings. The van der Waals surface area contributed by atoms with Gasteiger partial charge in [0, 0.05) is 0 Å². The van der Waals surface area contributed by atoms with Crippen LogP contribution in [0.1, 0.15) is 11.1 Å². The molecule has 2 nitrogen and oxygen atoms in total. The molecule has 0 saturated heterocycles. The molecule has 0 amide bonds. The van der Waals surface area contributed by atoms with Crippen molar-refractivity contribution in [2.24, 2.45) is 0 Å². The highest BCUT2D eigenvalue weighted by Gasteiger charge is 2.09. The summed E-state index contributed by atoms with van der Waals surface area (Å²) < 4.78 is 4.73. The molecule has 1 aliphatic rings. The first-order chi connectivity index (χ1) is 7.81. The summed E-state index contributed by atoms with van der Waals surface area (Å²) in [7, 11) is 1.39.